The zero-order valence-electron chi connectivity index (χ0n) is 12.1. The zero-order valence-corrected chi connectivity index (χ0v) is 13.6. The summed E-state index contributed by atoms with van der Waals surface area (Å²) in [5, 5.41) is 4.72. The van der Waals surface area contributed by atoms with Crippen LogP contribution >= 0.6 is 23.2 Å². The summed E-state index contributed by atoms with van der Waals surface area (Å²) in [4.78, 5) is 0. The van der Waals surface area contributed by atoms with E-state index >= 15 is 0 Å². The van der Waals surface area contributed by atoms with Crippen molar-refractivity contribution >= 4 is 23.2 Å². The van der Waals surface area contributed by atoms with Crippen molar-refractivity contribution in [2.24, 2.45) is 0 Å². The first-order chi connectivity index (χ1) is 10.2. The Morgan fingerprint density at radius 3 is 2.29 bits per heavy atom. The second kappa shape index (κ2) is 6.39. The first-order valence-electron chi connectivity index (χ1n) is 7.40. The first kappa shape index (κ1) is 14.9. The molecule has 1 fully saturated rings. The highest BCUT2D eigenvalue weighted by Gasteiger charge is 2.21. The molecule has 1 aliphatic rings. The predicted molar refractivity (Wildman–Crippen MR) is 90.4 cm³/mol. The van der Waals surface area contributed by atoms with Gasteiger partial charge in [0.1, 0.15) is 0 Å². The lowest BCUT2D eigenvalue weighted by Gasteiger charge is -2.27. The van der Waals surface area contributed by atoms with Gasteiger partial charge in [-0.1, -0.05) is 53.9 Å². The molecule has 3 heteroatoms. The summed E-state index contributed by atoms with van der Waals surface area (Å²) in [6.45, 7) is 0. The van der Waals surface area contributed by atoms with Crippen molar-refractivity contribution < 1.29 is 0 Å². The zero-order chi connectivity index (χ0) is 14.8. The average molecular weight is 320 g/mol. The molecular formula is C18H19Cl2N. The van der Waals surface area contributed by atoms with E-state index in [-0.39, 0.29) is 6.04 Å². The van der Waals surface area contributed by atoms with Crippen LogP contribution in [0.25, 0.3) is 0 Å². The van der Waals surface area contributed by atoms with Crippen molar-refractivity contribution in [3.8, 4) is 0 Å². The topological polar surface area (TPSA) is 12.0 Å². The van der Waals surface area contributed by atoms with Crippen LogP contribution in [0.5, 0.6) is 0 Å². The lowest BCUT2D eigenvalue weighted by molar-refractivity contribution is 0.419. The van der Waals surface area contributed by atoms with Gasteiger partial charge in [0.15, 0.2) is 0 Å². The Bertz CT molecular complexity index is 615. The van der Waals surface area contributed by atoms with Crippen molar-refractivity contribution in [3.05, 3.63) is 69.2 Å². The van der Waals surface area contributed by atoms with Crippen LogP contribution in [0.4, 0.5) is 0 Å². The standard InChI is InChI=1S/C18H19Cl2N/c1-21-18(15-9-16(19)11-17(20)10-15)14-7-3-6-13(8-14)12-4-2-5-12/h3,6-12,18,21H,2,4-5H2,1H3. The maximum absolute atomic E-state index is 6.14. The van der Waals surface area contributed by atoms with Gasteiger partial charge in [-0.05, 0) is 60.7 Å². The van der Waals surface area contributed by atoms with Gasteiger partial charge < -0.3 is 5.32 Å². The molecule has 1 N–H and O–H groups in total. The fraction of sp³-hybridized carbons (Fsp3) is 0.333. The van der Waals surface area contributed by atoms with E-state index in [9.17, 15) is 0 Å². The van der Waals surface area contributed by atoms with Gasteiger partial charge >= 0.3 is 0 Å². The van der Waals surface area contributed by atoms with Crippen molar-refractivity contribution in [1.29, 1.82) is 0 Å². The lowest BCUT2D eigenvalue weighted by Crippen LogP contribution is -2.18. The van der Waals surface area contributed by atoms with Gasteiger partial charge in [0.25, 0.3) is 0 Å². The molecule has 0 heterocycles. The van der Waals surface area contributed by atoms with E-state index in [1.807, 2.05) is 19.2 Å². The molecule has 3 rings (SSSR count). The molecule has 1 saturated carbocycles. The third-order valence-electron chi connectivity index (χ3n) is 4.33. The molecule has 21 heavy (non-hydrogen) atoms. The van der Waals surface area contributed by atoms with Crippen LogP contribution in [0, 0.1) is 0 Å². The van der Waals surface area contributed by atoms with Crippen LogP contribution in [-0.2, 0) is 0 Å². The van der Waals surface area contributed by atoms with E-state index in [1.54, 1.807) is 6.07 Å². The second-order valence-corrected chi connectivity index (χ2v) is 6.60. The normalized spacial score (nSPS) is 16.5. The molecule has 1 atom stereocenters. The molecule has 1 unspecified atom stereocenters. The van der Waals surface area contributed by atoms with Crippen molar-refractivity contribution in [3.63, 3.8) is 0 Å². The van der Waals surface area contributed by atoms with Gasteiger partial charge in [-0.2, -0.15) is 0 Å². The van der Waals surface area contributed by atoms with Gasteiger partial charge in [-0.3, -0.25) is 0 Å². The largest absolute Gasteiger partial charge is 0.309 e. The summed E-state index contributed by atoms with van der Waals surface area (Å²) in [7, 11) is 1.97. The van der Waals surface area contributed by atoms with Crippen LogP contribution in [0.2, 0.25) is 10.0 Å². The molecule has 2 aromatic carbocycles. The molecule has 0 aromatic heterocycles. The van der Waals surface area contributed by atoms with Crippen molar-refractivity contribution in [1.82, 2.24) is 5.32 Å². The van der Waals surface area contributed by atoms with Gasteiger partial charge in [0.2, 0.25) is 0 Å². The summed E-state index contributed by atoms with van der Waals surface area (Å²) >= 11 is 12.3. The summed E-state index contributed by atoms with van der Waals surface area (Å²) < 4.78 is 0. The Labute approximate surface area is 136 Å². The third-order valence-corrected chi connectivity index (χ3v) is 4.76. The molecule has 0 spiro atoms. The first-order valence-corrected chi connectivity index (χ1v) is 8.16. The second-order valence-electron chi connectivity index (χ2n) is 5.72. The van der Waals surface area contributed by atoms with Crippen molar-refractivity contribution in [2.75, 3.05) is 7.05 Å². The minimum absolute atomic E-state index is 0.112. The van der Waals surface area contributed by atoms with E-state index in [0.29, 0.717) is 10.0 Å². The molecule has 0 amide bonds. The summed E-state index contributed by atoms with van der Waals surface area (Å²) in [6, 6.07) is 14.7. The van der Waals surface area contributed by atoms with Gasteiger partial charge in [0, 0.05) is 10.0 Å². The minimum Gasteiger partial charge on any atom is -0.309 e. The molecular weight excluding hydrogens is 301 g/mol. The molecule has 110 valence electrons. The van der Waals surface area contributed by atoms with E-state index in [1.165, 1.54) is 30.4 Å². The van der Waals surface area contributed by atoms with Gasteiger partial charge in [0.05, 0.1) is 6.04 Å². The minimum atomic E-state index is 0.112. The lowest BCUT2D eigenvalue weighted by atomic mass is 9.79. The summed E-state index contributed by atoms with van der Waals surface area (Å²) in [6.07, 6.45) is 3.99. The average Bonchev–Trinajstić information content (AvgIpc) is 2.37. The highest BCUT2D eigenvalue weighted by molar-refractivity contribution is 6.34. The quantitative estimate of drug-likeness (QED) is 0.776. The van der Waals surface area contributed by atoms with Crippen LogP contribution < -0.4 is 5.32 Å². The van der Waals surface area contributed by atoms with Crippen LogP contribution in [0.1, 0.15) is 47.9 Å². The maximum Gasteiger partial charge on any atom is 0.0575 e. The Kier molecular flexibility index (Phi) is 4.54. The van der Waals surface area contributed by atoms with E-state index in [0.717, 1.165) is 11.5 Å². The number of hydrogen-bond acceptors (Lipinski definition) is 1. The number of rotatable bonds is 4. The Morgan fingerprint density at radius 2 is 1.71 bits per heavy atom. The highest BCUT2D eigenvalue weighted by Crippen LogP contribution is 2.37. The Hall–Kier alpha value is -1.02. The molecule has 2 aromatic rings. The summed E-state index contributed by atoms with van der Waals surface area (Å²) in [5.41, 5.74) is 3.81. The van der Waals surface area contributed by atoms with E-state index < -0.39 is 0 Å². The van der Waals surface area contributed by atoms with Crippen LogP contribution in [0.3, 0.4) is 0 Å². The summed E-state index contributed by atoms with van der Waals surface area (Å²) in [5.74, 6) is 0.741. The molecule has 0 saturated heterocycles. The molecule has 0 aliphatic heterocycles. The van der Waals surface area contributed by atoms with E-state index in [4.69, 9.17) is 23.2 Å². The predicted octanol–water partition coefficient (Wildman–Crippen LogP) is 5.57. The molecule has 1 aliphatic carbocycles. The molecule has 1 nitrogen and oxygen atoms in total. The van der Waals surface area contributed by atoms with Crippen LogP contribution in [0.15, 0.2) is 42.5 Å². The molecule has 0 bridgehead atoms. The smallest absolute Gasteiger partial charge is 0.0575 e. The number of hydrogen-bond donors (Lipinski definition) is 1. The highest BCUT2D eigenvalue weighted by atomic mass is 35.5. The SMILES string of the molecule is CNC(c1cc(Cl)cc(Cl)c1)c1cccc(C2CCC2)c1. The molecule has 0 radical (unpaired) electrons. The van der Waals surface area contributed by atoms with Crippen LogP contribution in [-0.4, -0.2) is 7.05 Å². The Balaban J connectivity index is 1.95. The maximum atomic E-state index is 6.14. The van der Waals surface area contributed by atoms with Crippen molar-refractivity contribution in [2.45, 2.75) is 31.2 Å². The number of benzene rings is 2. The third kappa shape index (κ3) is 3.26. The number of nitrogens with one attached hydrogen (secondary N) is 1. The van der Waals surface area contributed by atoms with E-state index in [2.05, 4.69) is 29.6 Å². The van der Waals surface area contributed by atoms with Gasteiger partial charge in [-0.25, -0.2) is 0 Å². The number of halogens is 2. The fourth-order valence-corrected chi connectivity index (χ4v) is 3.54. The Morgan fingerprint density at radius 1 is 1.00 bits per heavy atom. The monoisotopic (exact) mass is 319 g/mol. The fourth-order valence-electron chi connectivity index (χ4n) is 3.00. The van der Waals surface area contributed by atoms with Gasteiger partial charge in [-0.15, -0.1) is 0 Å².